The number of amides is 1. The third kappa shape index (κ3) is 4.04. The van der Waals surface area contributed by atoms with Gasteiger partial charge in [0.1, 0.15) is 0 Å². The summed E-state index contributed by atoms with van der Waals surface area (Å²) in [6.07, 6.45) is 6.96. The molecule has 5 heteroatoms. The van der Waals surface area contributed by atoms with E-state index in [1.165, 1.54) is 18.3 Å². The Labute approximate surface area is 138 Å². The summed E-state index contributed by atoms with van der Waals surface area (Å²) in [7, 11) is 0. The summed E-state index contributed by atoms with van der Waals surface area (Å²) in [5, 5.41) is 2.81. The molecule has 0 aliphatic rings. The first-order chi connectivity index (χ1) is 11.7. The van der Waals surface area contributed by atoms with Crippen LogP contribution in [0.25, 0.3) is 12.2 Å². The van der Waals surface area contributed by atoms with E-state index in [2.05, 4.69) is 15.3 Å². The third-order valence-corrected chi connectivity index (χ3v) is 3.33. The van der Waals surface area contributed by atoms with E-state index >= 15 is 0 Å². The molecule has 3 aromatic rings. The molecule has 2 aromatic heterocycles. The van der Waals surface area contributed by atoms with Crippen molar-refractivity contribution in [3.63, 3.8) is 0 Å². The molecule has 0 fully saturated rings. The van der Waals surface area contributed by atoms with Gasteiger partial charge >= 0.3 is 0 Å². The van der Waals surface area contributed by atoms with Crippen molar-refractivity contribution < 1.29 is 4.79 Å². The third-order valence-electron chi connectivity index (χ3n) is 3.33. The fourth-order valence-electron chi connectivity index (χ4n) is 2.13. The summed E-state index contributed by atoms with van der Waals surface area (Å²) in [6.45, 7) is 0. The smallest absolute Gasteiger partial charge is 0.257 e. The number of aromatic amines is 1. The Bertz CT molecular complexity index is 910. The highest BCUT2D eigenvalue weighted by Crippen LogP contribution is 2.14. The van der Waals surface area contributed by atoms with Crippen LogP contribution in [0.4, 0.5) is 5.69 Å². The maximum absolute atomic E-state index is 12.2. The van der Waals surface area contributed by atoms with Gasteiger partial charge in [0.15, 0.2) is 0 Å². The molecular weight excluding hydrogens is 302 g/mol. The van der Waals surface area contributed by atoms with Crippen molar-refractivity contribution in [2.45, 2.75) is 0 Å². The number of aromatic nitrogens is 2. The fourth-order valence-corrected chi connectivity index (χ4v) is 2.13. The molecule has 1 amide bonds. The molecule has 0 aliphatic heterocycles. The Morgan fingerprint density at radius 3 is 2.71 bits per heavy atom. The number of benzene rings is 1. The van der Waals surface area contributed by atoms with Gasteiger partial charge in [0.25, 0.3) is 5.91 Å². The second-order valence-corrected chi connectivity index (χ2v) is 5.11. The molecule has 5 nitrogen and oxygen atoms in total. The Hall–Kier alpha value is -3.47. The van der Waals surface area contributed by atoms with Gasteiger partial charge in [-0.2, -0.15) is 0 Å². The first kappa shape index (κ1) is 15.4. The molecule has 24 heavy (non-hydrogen) atoms. The van der Waals surface area contributed by atoms with Gasteiger partial charge in [-0.25, -0.2) is 0 Å². The molecule has 0 unspecified atom stereocenters. The van der Waals surface area contributed by atoms with Gasteiger partial charge in [-0.1, -0.05) is 24.3 Å². The highest BCUT2D eigenvalue weighted by atomic mass is 16.1. The molecule has 3 rings (SSSR count). The highest BCUT2D eigenvalue weighted by Gasteiger charge is 2.05. The predicted molar refractivity (Wildman–Crippen MR) is 94.6 cm³/mol. The minimum Gasteiger partial charge on any atom is -0.328 e. The molecule has 2 heterocycles. The van der Waals surface area contributed by atoms with Crippen molar-refractivity contribution in [1.82, 2.24) is 9.97 Å². The van der Waals surface area contributed by atoms with Gasteiger partial charge in [-0.05, 0) is 42.0 Å². The van der Waals surface area contributed by atoms with Crippen LogP contribution in [0.15, 0.2) is 71.8 Å². The molecule has 118 valence electrons. The number of nitrogens with one attached hydrogen (secondary N) is 2. The Morgan fingerprint density at radius 2 is 1.96 bits per heavy atom. The zero-order chi connectivity index (χ0) is 16.8. The average molecular weight is 317 g/mol. The van der Waals surface area contributed by atoms with Crippen LogP contribution in [0.5, 0.6) is 0 Å². The van der Waals surface area contributed by atoms with E-state index in [1.54, 1.807) is 6.20 Å². The number of carbonyl (C=O) groups is 1. The average Bonchev–Trinajstić information content (AvgIpc) is 2.62. The van der Waals surface area contributed by atoms with E-state index in [1.807, 2.05) is 54.6 Å². The van der Waals surface area contributed by atoms with Crippen molar-refractivity contribution in [3.8, 4) is 0 Å². The monoisotopic (exact) mass is 317 g/mol. The van der Waals surface area contributed by atoms with Crippen LogP contribution in [0.3, 0.4) is 0 Å². The van der Waals surface area contributed by atoms with E-state index in [0.29, 0.717) is 11.3 Å². The van der Waals surface area contributed by atoms with Crippen LogP contribution in [0, 0.1) is 0 Å². The van der Waals surface area contributed by atoms with E-state index in [4.69, 9.17) is 0 Å². The SMILES string of the molecule is O=C(Nc1cccc(/C=C/c2ccccn2)c1)c1ccc(=O)[nH]c1. The van der Waals surface area contributed by atoms with Crippen LogP contribution in [-0.2, 0) is 0 Å². The number of anilines is 1. The first-order valence-corrected chi connectivity index (χ1v) is 7.40. The van der Waals surface area contributed by atoms with Crippen LogP contribution in [0.1, 0.15) is 21.6 Å². The standard InChI is InChI=1S/C19H15N3O2/c23-18-10-8-15(13-21-18)19(24)22-17-6-3-4-14(12-17)7-9-16-5-1-2-11-20-16/h1-13H,(H,21,23)(H,22,24)/b9-7+. The van der Waals surface area contributed by atoms with E-state index in [9.17, 15) is 9.59 Å². The summed E-state index contributed by atoms with van der Waals surface area (Å²) in [5.74, 6) is -0.280. The second kappa shape index (κ2) is 7.19. The first-order valence-electron chi connectivity index (χ1n) is 7.40. The largest absolute Gasteiger partial charge is 0.328 e. The zero-order valence-corrected chi connectivity index (χ0v) is 12.8. The Balaban J connectivity index is 1.73. The van der Waals surface area contributed by atoms with Gasteiger partial charge in [-0.3, -0.25) is 14.6 Å². The Morgan fingerprint density at radius 1 is 1.04 bits per heavy atom. The number of rotatable bonds is 4. The number of carbonyl (C=O) groups excluding carboxylic acids is 1. The van der Waals surface area contributed by atoms with Crippen LogP contribution >= 0.6 is 0 Å². The minimum atomic E-state index is -0.280. The van der Waals surface area contributed by atoms with Crippen molar-refractivity contribution in [3.05, 3.63) is 94.2 Å². The summed E-state index contributed by atoms with van der Waals surface area (Å²) >= 11 is 0. The molecule has 0 aliphatic carbocycles. The topological polar surface area (TPSA) is 74.8 Å². The number of hydrogen-bond donors (Lipinski definition) is 2. The van der Waals surface area contributed by atoms with Crippen LogP contribution in [-0.4, -0.2) is 15.9 Å². The van der Waals surface area contributed by atoms with E-state index < -0.39 is 0 Å². The number of H-pyrrole nitrogens is 1. The minimum absolute atomic E-state index is 0.242. The summed E-state index contributed by atoms with van der Waals surface area (Å²) in [6, 6.07) is 16.0. The van der Waals surface area contributed by atoms with Gasteiger partial charge in [0, 0.05) is 24.1 Å². The van der Waals surface area contributed by atoms with Gasteiger partial charge in [0.05, 0.1) is 11.3 Å². The van der Waals surface area contributed by atoms with Crippen molar-refractivity contribution in [1.29, 1.82) is 0 Å². The van der Waals surface area contributed by atoms with E-state index in [-0.39, 0.29) is 11.5 Å². The van der Waals surface area contributed by atoms with E-state index in [0.717, 1.165) is 11.3 Å². The van der Waals surface area contributed by atoms with Crippen LogP contribution in [0.2, 0.25) is 0 Å². The van der Waals surface area contributed by atoms with Crippen molar-refractivity contribution in [2.75, 3.05) is 5.32 Å². The second-order valence-electron chi connectivity index (χ2n) is 5.11. The van der Waals surface area contributed by atoms with Gasteiger partial charge in [0.2, 0.25) is 5.56 Å². The molecule has 0 atom stereocenters. The molecule has 0 spiro atoms. The lowest BCUT2D eigenvalue weighted by Gasteiger charge is -2.06. The molecule has 0 saturated carbocycles. The fraction of sp³-hybridized carbons (Fsp3) is 0. The lowest BCUT2D eigenvalue weighted by molar-refractivity contribution is 0.102. The number of pyridine rings is 2. The Kier molecular flexibility index (Phi) is 4.62. The normalized spacial score (nSPS) is 10.7. The zero-order valence-electron chi connectivity index (χ0n) is 12.8. The summed E-state index contributed by atoms with van der Waals surface area (Å²) in [5.41, 5.74) is 2.63. The predicted octanol–water partition coefficient (Wildman–Crippen LogP) is 3.19. The lowest BCUT2D eigenvalue weighted by atomic mass is 10.1. The number of nitrogens with zero attached hydrogens (tertiary/aromatic N) is 1. The maximum atomic E-state index is 12.2. The summed E-state index contributed by atoms with van der Waals surface area (Å²) < 4.78 is 0. The summed E-state index contributed by atoms with van der Waals surface area (Å²) in [4.78, 5) is 29.9. The molecule has 0 radical (unpaired) electrons. The quantitative estimate of drug-likeness (QED) is 0.776. The van der Waals surface area contributed by atoms with Gasteiger partial charge in [-0.15, -0.1) is 0 Å². The molecule has 0 bridgehead atoms. The molecule has 2 N–H and O–H groups in total. The van der Waals surface area contributed by atoms with Gasteiger partial charge < -0.3 is 10.3 Å². The maximum Gasteiger partial charge on any atom is 0.257 e. The van der Waals surface area contributed by atoms with Crippen molar-refractivity contribution >= 4 is 23.7 Å². The highest BCUT2D eigenvalue weighted by molar-refractivity contribution is 6.04. The van der Waals surface area contributed by atoms with Crippen LogP contribution < -0.4 is 10.9 Å². The molecule has 0 saturated heterocycles. The van der Waals surface area contributed by atoms with Crippen molar-refractivity contribution in [2.24, 2.45) is 0 Å². The molecular formula is C19H15N3O2. The molecule has 1 aromatic carbocycles. The number of hydrogen-bond acceptors (Lipinski definition) is 3. The lowest BCUT2D eigenvalue weighted by Crippen LogP contribution is -2.14.